The summed E-state index contributed by atoms with van der Waals surface area (Å²) in [5.41, 5.74) is 1.41. The second-order valence-corrected chi connectivity index (χ2v) is 3.91. The molecule has 0 saturated carbocycles. The van der Waals surface area contributed by atoms with E-state index in [2.05, 4.69) is 46.4 Å². The molecule has 0 N–H and O–H groups in total. The van der Waals surface area contributed by atoms with E-state index in [0.717, 1.165) is 5.92 Å². The van der Waals surface area contributed by atoms with Crippen molar-refractivity contribution in [2.24, 2.45) is 11.8 Å². The van der Waals surface area contributed by atoms with Crippen molar-refractivity contribution in [3.8, 4) is 0 Å². The summed E-state index contributed by atoms with van der Waals surface area (Å²) in [7, 11) is 0. The number of hydrogen-bond acceptors (Lipinski definition) is 0. The fourth-order valence-corrected chi connectivity index (χ4v) is 1.57. The molecule has 0 aliphatic heterocycles. The highest BCUT2D eigenvalue weighted by molar-refractivity contribution is 5.23. The maximum Gasteiger partial charge on any atom is -0.0191 e. The van der Waals surface area contributed by atoms with Crippen molar-refractivity contribution >= 4 is 0 Å². The molecule has 0 nitrogen and oxygen atoms in total. The molecule has 0 aromatic rings. The Morgan fingerprint density at radius 3 is 1.82 bits per heavy atom. The standard InChI is InChI=1S/C13H22.2C2H6/c1-6-8-9-13(7-2)12(5)10-11(3)4;2*1-2/h6-9,11-12H,1,10H2,2-5H3;2*1-2H3/b9-8-,13-7+;;. The van der Waals surface area contributed by atoms with Crippen LogP contribution in [0, 0.1) is 11.8 Å². The second kappa shape index (κ2) is 17.6. The maximum absolute atomic E-state index is 3.67. The van der Waals surface area contributed by atoms with Gasteiger partial charge in [-0.2, -0.15) is 0 Å². The van der Waals surface area contributed by atoms with Crippen LogP contribution in [0.15, 0.2) is 36.5 Å². The minimum Gasteiger partial charge on any atom is -0.0991 e. The van der Waals surface area contributed by atoms with E-state index in [1.54, 1.807) is 0 Å². The second-order valence-electron chi connectivity index (χ2n) is 3.91. The Labute approximate surface area is 111 Å². The zero-order valence-corrected chi connectivity index (χ0v) is 13.4. The van der Waals surface area contributed by atoms with Crippen molar-refractivity contribution in [1.82, 2.24) is 0 Å². The third-order valence-electron chi connectivity index (χ3n) is 2.15. The summed E-state index contributed by atoms with van der Waals surface area (Å²) < 4.78 is 0. The van der Waals surface area contributed by atoms with Crippen LogP contribution in [0.1, 0.15) is 61.8 Å². The predicted molar refractivity (Wildman–Crippen MR) is 84.4 cm³/mol. The van der Waals surface area contributed by atoms with Crippen molar-refractivity contribution in [3.05, 3.63) is 36.5 Å². The molecule has 1 unspecified atom stereocenters. The molecule has 0 bridgehead atoms. The first kappa shape index (κ1) is 21.5. The molecule has 17 heavy (non-hydrogen) atoms. The molecule has 0 aromatic heterocycles. The van der Waals surface area contributed by atoms with Gasteiger partial charge in [0.25, 0.3) is 0 Å². The van der Waals surface area contributed by atoms with Crippen LogP contribution in [0.3, 0.4) is 0 Å². The maximum atomic E-state index is 3.67. The fourth-order valence-electron chi connectivity index (χ4n) is 1.57. The molecule has 0 heteroatoms. The van der Waals surface area contributed by atoms with Gasteiger partial charge >= 0.3 is 0 Å². The van der Waals surface area contributed by atoms with E-state index in [0.29, 0.717) is 5.92 Å². The van der Waals surface area contributed by atoms with Gasteiger partial charge in [0.05, 0.1) is 0 Å². The normalized spacial score (nSPS) is 12.4. The molecule has 0 radical (unpaired) electrons. The van der Waals surface area contributed by atoms with Gasteiger partial charge in [-0.3, -0.25) is 0 Å². The van der Waals surface area contributed by atoms with Crippen LogP contribution in [0.25, 0.3) is 0 Å². The predicted octanol–water partition coefficient (Wildman–Crippen LogP) is 6.41. The molecule has 0 fully saturated rings. The van der Waals surface area contributed by atoms with Crippen molar-refractivity contribution < 1.29 is 0 Å². The van der Waals surface area contributed by atoms with E-state index >= 15 is 0 Å². The zero-order valence-electron chi connectivity index (χ0n) is 13.4. The molecule has 0 spiro atoms. The van der Waals surface area contributed by atoms with Gasteiger partial charge in [-0.1, -0.05) is 79.3 Å². The van der Waals surface area contributed by atoms with Crippen LogP contribution >= 0.6 is 0 Å². The summed E-state index contributed by atoms with van der Waals surface area (Å²) in [6.07, 6.45) is 9.42. The van der Waals surface area contributed by atoms with Gasteiger partial charge in [0.1, 0.15) is 0 Å². The lowest BCUT2D eigenvalue weighted by atomic mass is 9.91. The summed E-state index contributed by atoms with van der Waals surface area (Å²) >= 11 is 0. The molecule has 0 amide bonds. The van der Waals surface area contributed by atoms with Crippen molar-refractivity contribution in [1.29, 1.82) is 0 Å². The van der Waals surface area contributed by atoms with Crippen LogP contribution in [0.4, 0.5) is 0 Å². The molecule has 0 aliphatic rings. The Kier molecular flexibility index (Phi) is 22.3. The molecular weight excluding hydrogens is 204 g/mol. The van der Waals surface area contributed by atoms with Gasteiger partial charge in [0.2, 0.25) is 0 Å². The van der Waals surface area contributed by atoms with Gasteiger partial charge in [0.15, 0.2) is 0 Å². The molecule has 0 rings (SSSR count). The highest BCUT2D eigenvalue weighted by atomic mass is 14.1. The van der Waals surface area contributed by atoms with Crippen LogP contribution in [-0.2, 0) is 0 Å². The average Bonchev–Trinajstić information content (AvgIpc) is 2.34. The van der Waals surface area contributed by atoms with Gasteiger partial charge in [-0.15, -0.1) is 0 Å². The smallest absolute Gasteiger partial charge is 0.0191 e. The van der Waals surface area contributed by atoms with Crippen molar-refractivity contribution in [2.45, 2.75) is 61.8 Å². The lowest BCUT2D eigenvalue weighted by Gasteiger charge is -2.14. The van der Waals surface area contributed by atoms with Gasteiger partial charge in [0, 0.05) is 0 Å². The topological polar surface area (TPSA) is 0 Å². The molecule has 0 aromatic carbocycles. The van der Waals surface area contributed by atoms with E-state index < -0.39 is 0 Å². The summed E-state index contributed by atoms with van der Waals surface area (Å²) in [6, 6.07) is 0. The quantitative estimate of drug-likeness (QED) is 0.485. The van der Waals surface area contributed by atoms with E-state index in [-0.39, 0.29) is 0 Å². The first-order valence-corrected chi connectivity index (χ1v) is 7.07. The first-order chi connectivity index (χ1) is 8.11. The van der Waals surface area contributed by atoms with Crippen LogP contribution < -0.4 is 0 Å². The third-order valence-corrected chi connectivity index (χ3v) is 2.15. The van der Waals surface area contributed by atoms with Gasteiger partial charge < -0.3 is 0 Å². The monoisotopic (exact) mass is 238 g/mol. The third kappa shape index (κ3) is 15.2. The number of rotatable bonds is 5. The van der Waals surface area contributed by atoms with E-state index in [1.807, 2.05) is 39.8 Å². The Hall–Kier alpha value is -0.780. The van der Waals surface area contributed by atoms with Crippen LogP contribution in [0.5, 0.6) is 0 Å². The molecule has 0 aliphatic carbocycles. The largest absolute Gasteiger partial charge is 0.0991 e. The lowest BCUT2D eigenvalue weighted by Crippen LogP contribution is -2.01. The fraction of sp³-hybridized carbons (Fsp3) is 0.647. The molecular formula is C17H34. The Bertz CT molecular complexity index is 194. The number of hydrogen-bond donors (Lipinski definition) is 0. The van der Waals surface area contributed by atoms with Crippen LogP contribution in [-0.4, -0.2) is 0 Å². The van der Waals surface area contributed by atoms with E-state index in [1.165, 1.54) is 12.0 Å². The molecule has 1 atom stereocenters. The first-order valence-electron chi connectivity index (χ1n) is 7.07. The van der Waals surface area contributed by atoms with Crippen molar-refractivity contribution in [2.75, 3.05) is 0 Å². The minimum atomic E-state index is 0.654. The lowest BCUT2D eigenvalue weighted by molar-refractivity contribution is 0.491. The van der Waals surface area contributed by atoms with Crippen molar-refractivity contribution in [3.63, 3.8) is 0 Å². The highest BCUT2D eigenvalue weighted by Gasteiger charge is 2.06. The zero-order chi connectivity index (χ0) is 14.3. The Morgan fingerprint density at radius 2 is 1.53 bits per heavy atom. The number of allylic oxidation sites excluding steroid dienone is 5. The minimum absolute atomic E-state index is 0.654. The van der Waals surface area contributed by atoms with E-state index in [4.69, 9.17) is 0 Å². The average molecular weight is 238 g/mol. The Morgan fingerprint density at radius 1 is 1.06 bits per heavy atom. The van der Waals surface area contributed by atoms with E-state index in [9.17, 15) is 0 Å². The summed E-state index contributed by atoms with van der Waals surface area (Å²) in [4.78, 5) is 0. The molecule has 0 saturated heterocycles. The SMILES string of the molecule is C=C/C=C\C(=C/C)C(C)CC(C)C.CC.CC. The van der Waals surface area contributed by atoms with Gasteiger partial charge in [-0.25, -0.2) is 0 Å². The highest BCUT2D eigenvalue weighted by Crippen LogP contribution is 2.20. The molecule has 102 valence electrons. The Balaban J connectivity index is -0.000000439. The van der Waals surface area contributed by atoms with Crippen LogP contribution in [0.2, 0.25) is 0 Å². The van der Waals surface area contributed by atoms with Gasteiger partial charge in [-0.05, 0) is 30.8 Å². The molecule has 0 heterocycles. The summed E-state index contributed by atoms with van der Waals surface area (Å²) in [5, 5.41) is 0. The summed E-state index contributed by atoms with van der Waals surface area (Å²) in [5.74, 6) is 1.42. The summed E-state index contributed by atoms with van der Waals surface area (Å²) in [6.45, 7) is 20.6.